The van der Waals surface area contributed by atoms with Gasteiger partial charge in [-0.25, -0.2) is 0 Å². The zero-order valence-electron chi connectivity index (χ0n) is 14.0. The minimum absolute atomic E-state index is 0. The molecule has 0 radical (unpaired) electrons. The number of nitrogens with zero attached hydrogens (tertiary/aromatic N) is 3. The van der Waals surface area contributed by atoms with E-state index < -0.39 is 0 Å². The number of hydrogen-bond donors (Lipinski definition) is 1. The van der Waals surface area contributed by atoms with E-state index in [0.717, 1.165) is 32.1 Å². The molecule has 1 heterocycles. The zero-order chi connectivity index (χ0) is 15.5. The maximum atomic E-state index is 5.43. The minimum Gasteiger partial charge on any atom is -0.382 e. The number of aryl methyl sites for hydroxylation is 1. The topological polar surface area (TPSA) is 51.0 Å². The Morgan fingerprint density at radius 3 is 2.73 bits per heavy atom. The van der Waals surface area contributed by atoms with Gasteiger partial charge in [-0.3, -0.25) is 4.99 Å². The molecule has 0 aromatic carbocycles. The SMILES string of the molecule is CN=C(NCCCOCCOC)N(C)Cc1cccn1C.I. The Labute approximate surface area is 150 Å². The van der Waals surface area contributed by atoms with E-state index in [9.17, 15) is 0 Å². The molecule has 0 spiro atoms. The van der Waals surface area contributed by atoms with Crippen LogP contribution in [0.5, 0.6) is 0 Å². The highest BCUT2D eigenvalue weighted by Crippen LogP contribution is 2.03. The van der Waals surface area contributed by atoms with Gasteiger partial charge in [0.05, 0.1) is 19.8 Å². The highest BCUT2D eigenvalue weighted by molar-refractivity contribution is 14.0. The molecule has 7 heteroatoms. The fourth-order valence-corrected chi connectivity index (χ4v) is 1.98. The van der Waals surface area contributed by atoms with E-state index in [1.54, 1.807) is 14.2 Å². The molecule has 0 unspecified atom stereocenters. The summed E-state index contributed by atoms with van der Waals surface area (Å²) in [7, 11) is 7.57. The summed E-state index contributed by atoms with van der Waals surface area (Å²) < 4.78 is 12.5. The van der Waals surface area contributed by atoms with Gasteiger partial charge in [0.2, 0.25) is 0 Å². The van der Waals surface area contributed by atoms with Crippen LogP contribution in [0.4, 0.5) is 0 Å². The average molecular weight is 424 g/mol. The number of rotatable bonds is 9. The Bertz CT molecular complexity index is 423. The van der Waals surface area contributed by atoms with Crippen LogP contribution < -0.4 is 5.32 Å². The first kappa shape index (κ1) is 21.2. The van der Waals surface area contributed by atoms with Gasteiger partial charge in [0.25, 0.3) is 0 Å². The molecule has 1 rings (SSSR count). The average Bonchev–Trinajstić information content (AvgIpc) is 2.87. The summed E-state index contributed by atoms with van der Waals surface area (Å²) in [5, 5.41) is 3.35. The zero-order valence-corrected chi connectivity index (χ0v) is 16.4. The molecule has 1 N–H and O–H groups in total. The lowest BCUT2D eigenvalue weighted by Gasteiger charge is -2.22. The van der Waals surface area contributed by atoms with E-state index in [1.807, 2.05) is 7.05 Å². The largest absolute Gasteiger partial charge is 0.382 e. The van der Waals surface area contributed by atoms with Gasteiger partial charge in [-0.2, -0.15) is 0 Å². The number of aromatic nitrogens is 1. The van der Waals surface area contributed by atoms with Crippen LogP contribution in [0.15, 0.2) is 23.3 Å². The van der Waals surface area contributed by atoms with Gasteiger partial charge < -0.3 is 24.3 Å². The summed E-state index contributed by atoms with van der Waals surface area (Å²) in [5.74, 6) is 0.896. The number of methoxy groups -OCH3 is 1. The Morgan fingerprint density at radius 2 is 2.14 bits per heavy atom. The van der Waals surface area contributed by atoms with Crippen LogP contribution in [0.1, 0.15) is 12.1 Å². The lowest BCUT2D eigenvalue weighted by molar-refractivity contribution is 0.0698. The Balaban J connectivity index is 0.00000441. The molecule has 0 aliphatic carbocycles. The van der Waals surface area contributed by atoms with Crippen LogP contribution in [0.2, 0.25) is 0 Å². The van der Waals surface area contributed by atoms with Crippen molar-refractivity contribution in [1.82, 2.24) is 14.8 Å². The predicted octanol–water partition coefficient (Wildman–Crippen LogP) is 1.70. The van der Waals surface area contributed by atoms with Crippen molar-refractivity contribution in [2.75, 3.05) is 47.6 Å². The second-order valence-corrected chi connectivity index (χ2v) is 4.90. The van der Waals surface area contributed by atoms with Crippen LogP contribution in [-0.4, -0.2) is 63.0 Å². The smallest absolute Gasteiger partial charge is 0.193 e. The van der Waals surface area contributed by atoms with Crippen molar-refractivity contribution in [3.8, 4) is 0 Å². The molecule has 0 saturated heterocycles. The summed E-state index contributed by atoms with van der Waals surface area (Å²) in [6.07, 6.45) is 3.00. The summed E-state index contributed by atoms with van der Waals surface area (Å²) in [4.78, 5) is 6.42. The van der Waals surface area contributed by atoms with E-state index in [-0.39, 0.29) is 24.0 Å². The minimum atomic E-state index is 0. The molecular weight excluding hydrogens is 395 g/mol. The van der Waals surface area contributed by atoms with Crippen LogP contribution in [0, 0.1) is 0 Å². The van der Waals surface area contributed by atoms with Crippen LogP contribution in [-0.2, 0) is 23.1 Å². The van der Waals surface area contributed by atoms with Crippen LogP contribution in [0.25, 0.3) is 0 Å². The summed E-state index contributed by atoms with van der Waals surface area (Å²) >= 11 is 0. The van der Waals surface area contributed by atoms with Crippen molar-refractivity contribution in [3.63, 3.8) is 0 Å². The van der Waals surface area contributed by atoms with Gasteiger partial charge in [0.1, 0.15) is 0 Å². The molecule has 0 aliphatic heterocycles. The Kier molecular flexibility index (Phi) is 12.3. The second-order valence-electron chi connectivity index (χ2n) is 4.90. The molecule has 0 aliphatic rings. The van der Waals surface area contributed by atoms with E-state index in [1.165, 1.54) is 5.69 Å². The monoisotopic (exact) mass is 424 g/mol. The first-order chi connectivity index (χ1) is 10.2. The van der Waals surface area contributed by atoms with Gasteiger partial charge in [-0.05, 0) is 18.6 Å². The Morgan fingerprint density at radius 1 is 1.36 bits per heavy atom. The molecule has 22 heavy (non-hydrogen) atoms. The predicted molar refractivity (Wildman–Crippen MR) is 101 cm³/mol. The lowest BCUT2D eigenvalue weighted by atomic mass is 10.4. The highest BCUT2D eigenvalue weighted by Gasteiger charge is 2.07. The summed E-state index contributed by atoms with van der Waals surface area (Å²) in [6, 6.07) is 4.17. The van der Waals surface area contributed by atoms with Crippen LogP contribution >= 0.6 is 24.0 Å². The van der Waals surface area contributed by atoms with E-state index in [2.05, 4.69) is 45.2 Å². The summed E-state index contributed by atoms with van der Waals surface area (Å²) in [6.45, 7) is 3.70. The first-order valence-electron chi connectivity index (χ1n) is 7.27. The Hall–Kier alpha value is -0.800. The molecule has 0 amide bonds. The normalized spacial score (nSPS) is 11.2. The van der Waals surface area contributed by atoms with E-state index in [0.29, 0.717) is 13.2 Å². The number of guanidine groups is 1. The molecule has 0 bridgehead atoms. The molecule has 128 valence electrons. The van der Waals surface area contributed by atoms with E-state index >= 15 is 0 Å². The number of nitrogens with one attached hydrogen (secondary N) is 1. The van der Waals surface area contributed by atoms with E-state index in [4.69, 9.17) is 9.47 Å². The number of halogens is 1. The maximum absolute atomic E-state index is 5.43. The van der Waals surface area contributed by atoms with Gasteiger partial charge in [0.15, 0.2) is 5.96 Å². The third-order valence-corrected chi connectivity index (χ3v) is 3.20. The number of aliphatic imine (C=N–C) groups is 1. The second kappa shape index (κ2) is 12.7. The number of hydrogen-bond acceptors (Lipinski definition) is 3. The van der Waals surface area contributed by atoms with Crippen molar-refractivity contribution in [2.24, 2.45) is 12.0 Å². The molecule has 0 fully saturated rings. The van der Waals surface area contributed by atoms with Gasteiger partial charge in [0, 0.05) is 53.3 Å². The van der Waals surface area contributed by atoms with Crippen molar-refractivity contribution < 1.29 is 9.47 Å². The molecule has 1 aromatic rings. The first-order valence-corrected chi connectivity index (χ1v) is 7.27. The number of ether oxygens (including phenoxy) is 2. The third-order valence-electron chi connectivity index (χ3n) is 3.20. The van der Waals surface area contributed by atoms with Crippen molar-refractivity contribution in [1.29, 1.82) is 0 Å². The van der Waals surface area contributed by atoms with Gasteiger partial charge >= 0.3 is 0 Å². The van der Waals surface area contributed by atoms with Crippen molar-refractivity contribution >= 4 is 29.9 Å². The third kappa shape index (κ3) is 8.00. The van der Waals surface area contributed by atoms with Gasteiger partial charge in [-0.1, -0.05) is 0 Å². The standard InChI is InChI=1S/C15H28N4O2.HI/c1-16-15(17-8-6-10-21-12-11-20-4)19(3)13-14-7-5-9-18(14)2;/h5,7,9H,6,8,10-13H2,1-4H3,(H,16,17);1H. The molecule has 0 atom stereocenters. The lowest BCUT2D eigenvalue weighted by Crippen LogP contribution is -2.39. The van der Waals surface area contributed by atoms with Crippen LogP contribution in [0.3, 0.4) is 0 Å². The van der Waals surface area contributed by atoms with Crippen molar-refractivity contribution in [2.45, 2.75) is 13.0 Å². The van der Waals surface area contributed by atoms with Gasteiger partial charge in [-0.15, -0.1) is 24.0 Å². The molecule has 0 saturated carbocycles. The molecule has 6 nitrogen and oxygen atoms in total. The maximum Gasteiger partial charge on any atom is 0.193 e. The highest BCUT2D eigenvalue weighted by atomic mass is 127. The molecule has 1 aromatic heterocycles. The fourth-order valence-electron chi connectivity index (χ4n) is 1.98. The molecular formula is C15H29IN4O2. The quantitative estimate of drug-likeness (QED) is 0.284. The fraction of sp³-hybridized carbons (Fsp3) is 0.667. The van der Waals surface area contributed by atoms with Crippen molar-refractivity contribution in [3.05, 3.63) is 24.0 Å². The summed E-state index contributed by atoms with van der Waals surface area (Å²) in [5.41, 5.74) is 1.25.